The number of aromatic hydroxyl groups is 1. The minimum Gasteiger partial charge on any atom is -0.507 e. The third-order valence-corrected chi connectivity index (χ3v) is 3.13. The molecule has 0 aliphatic carbocycles. The molecule has 2 aromatic rings. The number of carboxylic acids is 1. The molecule has 0 aliphatic heterocycles. The van der Waals surface area contributed by atoms with E-state index in [1.54, 1.807) is 24.3 Å². The summed E-state index contributed by atoms with van der Waals surface area (Å²) < 4.78 is 5.60. The van der Waals surface area contributed by atoms with Gasteiger partial charge in [0.1, 0.15) is 23.7 Å². The number of phenols is 1. The molecule has 0 saturated heterocycles. The maximum Gasteiger partial charge on any atom is 0.312 e. The maximum absolute atomic E-state index is 11.7. The molecule has 0 spiro atoms. The smallest absolute Gasteiger partial charge is 0.312 e. The monoisotopic (exact) mass is 344 g/mol. The van der Waals surface area contributed by atoms with E-state index >= 15 is 0 Å². The number of carbonyl (C=O) groups is 3. The number of hydrogen-bond acceptors (Lipinski definition) is 5. The second-order valence-electron chi connectivity index (χ2n) is 5.00. The van der Waals surface area contributed by atoms with Crippen LogP contribution in [0.3, 0.4) is 0 Å². The fourth-order valence-corrected chi connectivity index (χ4v) is 1.98. The lowest BCUT2D eigenvalue weighted by Gasteiger charge is -2.10. The number of phenolic OH excluding ortho intramolecular Hbond substituents is 1. The predicted octanol–water partition coefficient (Wildman–Crippen LogP) is 1.96. The second-order valence-corrected chi connectivity index (χ2v) is 5.00. The van der Waals surface area contributed by atoms with Crippen LogP contribution in [-0.2, 0) is 9.59 Å². The second kappa shape index (κ2) is 7.82. The van der Waals surface area contributed by atoms with Crippen molar-refractivity contribution in [1.82, 2.24) is 5.32 Å². The van der Waals surface area contributed by atoms with E-state index in [1.165, 1.54) is 25.2 Å². The van der Waals surface area contributed by atoms with E-state index in [2.05, 4.69) is 10.6 Å². The number of ether oxygens (including phenoxy) is 1. The molecule has 2 amide bonds. The highest BCUT2D eigenvalue weighted by molar-refractivity contribution is 6.01. The molecule has 4 N–H and O–H groups in total. The molecule has 0 unspecified atom stereocenters. The van der Waals surface area contributed by atoms with Crippen molar-refractivity contribution in [2.75, 3.05) is 12.4 Å². The molecule has 0 radical (unpaired) electrons. The first-order valence-electron chi connectivity index (χ1n) is 7.23. The molecule has 2 aromatic carbocycles. The number of carbonyl (C=O) groups excluding carboxylic acids is 2. The molecule has 0 aliphatic rings. The first-order chi connectivity index (χ1) is 11.9. The third-order valence-electron chi connectivity index (χ3n) is 3.13. The van der Waals surface area contributed by atoms with Gasteiger partial charge in [-0.05, 0) is 42.5 Å². The highest BCUT2D eigenvalue weighted by atomic mass is 16.5. The summed E-state index contributed by atoms with van der Waals surface area (Å²) in [5.74, 6) is -1.67. The molecule has 0 aromatic heterocycles. The van der Waals surface area contributed by atoms with E-state index in [4.69, 9.17) is 9.84 Å². The third kappa shape index (κ3) is 4.96. The minimum absolute atomic E-state index is 0.0811. The Hall–Kier alpha value is -3.55. The molecule has 8 heteroatoms. The van der Waals surface area contributed by atoms with Crippen molar-refractivity contribution in [1.29, 1.82) is 0 Å². The Balaban J connectivity index is 2.07. The average Bonchev–Trinajstić information content (AvgIpc) is 2.57. The van der Waals surface area contributed by atoms with Crippen molar-refractivity contribution >= 4 is 23.5 Å². The number of hydrogen-bond donors (Lipinski definition) is 4. The van der Waals surface area contributed by atoms with Crippen LogP contribution in [0.4, 0.5) is 5.69 Å². The van der Waals surface area contributed by atoms with Gasteiger partial charge in [-0.2, -0.15) is 0 Å². The quantitative estimate of drug-likeness (QED) is 0.594. The molecule has 8 nitrogen and oxygen atoms in total. The number of aliphatic carboxylic acids is 1. The normalized spacial score (nSPS) is 9.96. The number of anilines is 1. The summed E-state index contributed by atoms with van der Waals surface area (Å²) >= 11 is 0. The van der Waals surface area contributed by atoms with Gasteiger partial charge < -0.3 is 25.6 Å². The number of rotatable bonds is 6. The summed E-state index contributed by atoms with van der Waals surface area (Å²) in [5.41, 5.74) is 0.507. The number of carboxylic acid groups (broad SMARTS) is 1. The van der Waals surface area contributed by atoms with Gasteiger partial charge in [-0.15, -0.1) is 0 Å². The Kier molecular flexibility index (Phi) is 5.57. The van der Waals surface area contributed by atoms with Crippen LogP contribution >= 0.6 is 0 Å². The topological polar surface area (TPSA) is 125 Å². The number of nitrogens with one attached hydrogen (secondary N) is 2. The van der Waals surface area contributed by atoms with E-state index in [0.29, 0.717) is 17.2 Å². The van der Waals surface area contributed by atoms with Gasteiger partial charge in [-0.25, -0.2) is 0 Å². The van der Waals surface area contributed by atoms with Crippen molar-refractivity contribution in [2.45, 2.75) is 6.42 Å². The zero-order valence-corrected chi connectivity index (χ0v) is 13.3. The van der Waals surface area contributed by atoms with Crippen molar-refractivity contribution in [2.24, 2.45) is 0 Å². The van der Waals surface area contributed by atoms with Crippen LogP contribution in [0, 0.1) is 0 Å². The van der Waals surface area contributed by atoms with Crippen LogP contribution in [0.25, 0.3) is 0 Å². The maximum atomic E-state index is 11.7. The highest BCUT2D eigenvalue weighted by Gasteiger charge is 2.11. The van der Waals surface area contributed by atoms with Crippen molar-refractivity contribution in [3.8, 4) is 17.2 Å². The fourth-order valence-electron chi connectivity index (χ4n) is 1.98. The van der Waals surface area contributed by atoms with Crippen LogP contribution in [0.5, 0.6) is 17.2 Å². The Morgan fingerprint density at radius 3 is 2.28 bits per heavy atom. The number of amides is 2. The van der Waals surface area contributed by atoms with Crippen LogP contribution in [0.2, 0.25) is 0 Å². The van der Waals surface area contributed by atoms with Crippen LogP contribution in [-0.4, -0.2) is 35.0 Å². The zero-order valence-electron chi connectivity index (χ0n) is 13.3. The van der Waals surface area contributed by atoms with E-state index in [0.717, 1.165) is 0 Å². The Morgan fingerprint density at radius 1 is 1.04 bits per heavy atom. The zero-order chi connectivity index (χ0) is 18.4. The van der Waals surface area contributed by atoms with Gasteiger partial charge in [0.05, 0.1) is 5.56 Å². The summed E-state index contributed by atoms with van der Waals surface area (Å²) in [6.07, 6.45) is -0.617. The van der Waals surface area contributed by atoms with Gasteiger partial charge in [0.15, 0.2) is 0 Å². The Morgan fingerprint density at radius 2 is 1.68 bits per heavy atom. The van der Waals surface area contributed by atoms with Gasteiger partial charge in [0, 0.05) is 12.7 Å². The molecule has 0 saturated carbocycles. The highest BCUT2D eigenvalue weighted by Crippen LogP contribution is 2.27. The van der Waals surface area contributed by atoms with Crippen LogP contribution in [0.15, 0.2) is 42.5 Å². The van der Waals surface area contributed by atoms with Gasteiger partial charge in [-0.1, -0.05) is 0 Å². The van der Waals surface area contributed by atoms with Crippen molar-refractivity contribution in [3.63, 3.8) is 0 Å². The molecule has 0 atom stereocenters. The standard InChI is InChI=1S/C17H16N2O6/c1-18-17(24)13-8-12(6-7-14(13)20)25-11-4-2-10(3-5-11)19-15(21)9-16(22)23/h2-8,20H,9H2,1H3,(H,18,24)(H,19,21)(H,22,23). The van der Waals surface area contributed by atoms with E-state index in [1.807, 2.05) is 0 Å². The van der Waals surface area contributed by atoms with Gasteiger partial charge in [0.2, 0.25) is 5.91 Å². The van der Waals surface area contributed by atoms with Crippen molar-refractivity contribution < 1.29 is 29.3 Å². The Labute approximate surface area is 143 Å². The summed E-state index contributed by atoms with van der Waals surface area (Å²) in [7, 11) is 1.45. The van der Waals surface area contributed by atoms with Crippen LogP contribution < -0.4 is 15.4 Å². The lowest BCUT2D eigenvalue weighted by Crippen LogP contribution is -2.17. The number of benzene rings is 2. The first-order valence-corrected chi connectivity index (χ1v) is 7.23. The average molecular weight is 344 g/mol. The van der Waals surface area contributed by atoms with Gasteiger partial charge >= 0.3 is 5.97 Å². The van der Waals surface area contributed by atoms with Gasteiger partial charge in [-0.3, -0.25) is 14.4 Å². The Bertz CT molecular complexity index is 801. The molecule has 0 heterocycles. The molecular formula is C17H16N2O6. The van der Waals surface area contributed by atoms with Crippen LogP contribution in [0.1, 0.15) is 16.8 Å². The fraction of sp³-hybridized carbons (Fsp3) is 0.118. The lowest BCUT2D eigenvalue weighted by molar-refractivity contribution is -0.139. The summed E-state index contributed by atoms with van der Waals surface area (Å²) in [4.78, 5) is 33.5. The molecule has 2 rings (SSSR count). The lowest BCUT2D eigenvalue weighted by atomic mass is 10.2. The molecule has 0 bridgehead atoms. The minimum atomic E-state index is -1.21. The van der Waals surface area contributed by atoms with E-state index in [9.17, 15) is 19.5 Å². The van der Waals surface area contributed by atoms with E-state index < -0.39 is 24.2 Å². The van der Waals surface area contributed by atoms with E-state index in [-0.39, 0.29) is 11.3 Å². The largest absolute Gasteiger partial charge is 0.507 e. The first kappa shape index (κ1) is 17.8. The van der Waals surface area contributed by atoms with Gasteiger partial charge in [0.25, 0.3) is 5.91 Å². The summed E-state index contributed by atoms with van der Waals surface area (Å²) in [6.45, 7) is 0. The molecule has 25 heavy (non-hydrogen) atoms. The predicted molar refractivity (Wildman–Crippen MR) is 88.9 cm³/mol. The van der Waals surface area contributed by atoms with Crippen molar-refractivity contribution in [3.05, 3.63) is 48.0 Å². The summed E-state index contributed by atoms with van der Waals surface area (Å²) in [5, 5.41) is 23.1. The SMILES string of the molecule is CNC(=O)c1cc(Oc2ccc(NC(=O)CC(=O)O)cc2)ccc1O. The molecular weight excluding hydrogens is 328 g/mol. The summed E-state index contributed by atoms with van der Waals surface area (Å²) in [6, 6.07) is 10.5. The molecule has 0 fully saturated rings. The molecule has 130 valence electrons.